The van der Waals surface area contributed by atoms with Gasteiger partial charge in [-0.1, -0.05) is 6.42 Å². The Balaban J connectivity index is 1.37. The molecule has 2 saturated carbocycles. The van der Waals surface area contributed by atoms with Gasteiger partial charge in [0, 0.05) is 13.2 Å². The molecule has 0 spiro atoms. The summed E-state index contributed by atoms with van der Waals surface area (Å²) in [6.07, 6.45) is 6.49. The van der Waals surface area contributed by atoms with Crippen molar-refractivity contribution in [2.75, 3.05) is 19.8 Å². The lowest BCUT2D eigenvalue weighted by Gasteiger charge is -2.22. The predicted molar refractivity (Wildman–Crippen MR) is 64.7 cm³/mol. The van der Waals surface area contributed by atoms with E-state index in [1.165, 1.54) is 25.7 Å². The number of nitrogens with one attached hydrogen (secondary N) is 2. The maximum atomic E-state index is 11.7. The fraction of sp³-hybridized carbons (Fsp3) is 0.923. The fourth-order valence-electron chi connectivity index (χ4n) is 3.74. The summed E-state index contributed by atoms with van der Waals surface area (Å²) >= 11 is 0. The Kier molecular flexibility index (Phi) is 3.23. The second kappa shape index (κ2) is 4.84. The summed E-state index contributed by atoms with van der Waals surface area (Å²) in [6.45, 7) is 2.31. The summed E-state index contributed by atoms with van der Waals surface area (Å²) in [4.78, 5) is 11.7. The molecule has 3 aliphatic rings. The molecule has 4 heteroatoms. The highest BCUT2D eigenvalue weighted by Crippen LogP contribution is 2.47. The van der Waals surface area contributed by atoms with Crippen LogP contribution in [0.1, 0.15) is 32.1 Å². The zero-order chi connectivity index (χ0) is 11.7. The van der Waals surface area contributed by atoms with Gasteiger partial charge in [0.2, 0.25) is 0 Å². The number of rotatable bonds is 3. The molecule has 2 bridgehead atoms. The van der Waals surface area contributed by atoms with Crippen molar-refractivity contribution in [1.82, 2.24) is 10.6 Å². The smallest absolute Gasteiger partial charge is 0.315 e. The molecule has 1 saturated heterocycles. The van der Waals surface area contributed by atoms with Crippen molar-refractivity contribution in [2.24, 2.45) is 17.8 Å². The van der Waals surface area contributed by atoms with Gasteiger partial charge in [0.25, 0.3) is 0 Å². The van der Waals surface area contributed by atoms with Gasteiger partial charge in [0.05, 0.1) is 12.6 Å². The third kappa shape index (κ3) is 2.57. The molecule has 1 aliphatic heterocycles. The summed E-state index contributed by atoms with van der Waals surface area (Å²) in [5.41, 5.74) is 0. The quantitative estimate of drug-likeness (QED) is 0.783. The fourth-order valence-corrected chi connectivity index (χ4v) is 3.74. The van der Waals surface area contributed by atoms with E-state index in [4.69, 9.17) is 4.74 Å². The molecule has 1 heterocycles. The molecule has 3 rings (SSSR count). The third-order valence-corrected chi connectivity index (χ3v) is 4.67. The van der Waals surface area contributed by atoms with E-state index in [1.54, 1.807) is 0 Å². The third-order valence-electron chi connectivity index (χ3n) is 4.67. The largest absolute Gasteiger partial charge is 0.379 e. The number of amides is 2. The lowest BCUT2D eigenvalue weighted by Crippen LogP contribution is -2.44. The number of hydrogen-bond acceptors (Lipinski definition) is 2. The number of hydrogen-bond donors (Lipinski definition) is 2. The van der Waals surface area contributed by atoms with Crippen LogP contribution in [0.25, 0.3) is 0 Å². The van der Waals surface area contributed by atoms with Crippen LogP contribution < -0.4 is 10.6 Å². The second-order valence-electron chi connectivity index (χ2n) is 5.85. The average Bonchev–Trinajstić information content (AvgIpc) is 3.02. The van der Waals surface area contributed by atoms with Crippen molar-refractivity contribution in [3.63, 3.8) is 0 Å². The highest BCUT2D eigenvalue weighted by atomic mass is 16.5. The van der Waals surface area contributed by atoms with Crippen molar-refractivity contribution in [3.05, 3.63) is 0 Å². The number of urea groups is 1. The standard InChI is InChI=1S/C13H22N2O2/c16-13(15-12-3-4-17-8-12)14-7-11-6-9-1-2-10(11)5-9/h9-12H,1-8H2,(H2,14,15,16). The van der Waals surface area contributed by atoms with Gasteiger partial charge in [-0.3, -0.25) is 0 Å². The highest BCUT2D eigenvalue weighted by molar-refractivity contribution is 5.74. The first-order valence-electron chi connectivity index (χ1n) is 6.93. The van der Waals surface area contributed by atoms with E-state index in [-0.39, 0.29) is 12.1 Å². The van der Waals surface area contributed by atoms with E-state index in [0.717, 1.165) is 37.3 Å². The van der Waals surface area contributed by atoms with Crippen LogP contribution >= 0.6 is 0 Å². The van der Waals surface area contributed by atoms with Crippen LogP contribution in [0.15, 0.2) is 0 Å². The number of carbonyl (C=O) groups excluding carboxylic acids is 1. The Bertz CT molecular complexity index is 289. The maximum absolute atomic E-state index is 11.7. The van der Waals surface area contributed by atoms with Gasteiger partial charge < -0.3 is 15.4 Å². The Morgan fingerprint density at radius 2 is 2.18 bits per heavy atom. The SMILES string of the molecule is O=C(NCC1CC2CCC1C2)NC1CCOC1. The monoisotopic (exact) mass is 238 g/mol. The van der Waals surface area contributed by atoms with Gasteiger partial charge in [-0.05, 0) is 43.4 Å². The van der Waals surface area contributed by atoms with Gasteiger partial charge >= 0.3 is 6.03 Å². The van der Waals surface area contributed by atoms with Crippen molar-refractivity contribution >= 4 is 6.03 Å². The van der Waals surface area contributed by atoms with Crippen molar-refractivity contribution in [3.8, 4) is 0 Å². The van der Waals surface area contributed by atoms with Gasteiger partial charge in [-0.25, -0.2) is 4.79 Å². The zero-order valence-electron chi connectivity index (χ0n) is 10.3. The van der Waals surface area contributed by atoms with Gasteiger partial charge in [0.15, 0.2) is 0 Å². The lowest BCUT2D eigenvalue weighted by atomic mass is 9.89. The first-order chi connectivity index (χ1) is 8.31. The predicted octanol–water partition coefficient (Wildman–Crippen LogP) is 1.51. The van der Waals surface area contributed by atoms with E-state index in [9.17, 15) is 4.79 Å². The molecule has 17 heavy (non-hydrogen) atoms. The van der Waals surface area contributed by atoms with Crippen LogP contribution in [-0.2, 0) is 4.74 Å². The van der Waals surface area contributed by atoms with Crippen molar-refractivity contribution in [1.29, 1.82) is 0 Å². The highest BCUT2D eigenvalue weighted by Gasteiger charge is 2.39. The first kappa shape index (κ1) is 11.3. The minimum atomic E-state index is -0.0109. The summed E-state index contributed by atoms with van der Waals surface area (Å²) in [6, 6.07) is 0.207. The van der Waals surface area contributed by atoms with Crippen molar-refractivity contribution < 1.29 is 9.53 Å². The topological polar surface area (TPSA) is 50.4 Å². The number of ether oxygens (including phenoxy) is 1. The lowest BCUT2D eigenvalue weighted by molar-refractivity contribution is 0.188. The van der Waals surface area contributed by atoms with Crippen LogP contribution in [0.5, 0.6) is 0 Å². The van der Waals surface area contributed by atoms with Gasteiger partial charge in [0.1, 0.15) is 0 Å². The molecule has 2 amide bonds. The summed E-state index contributed by atoms with van der Waals surface area (Å²) in [7, 11) is 0. The molecule has 3 fully saturated rings. The Morgan fingerprint density at radius 1 is 1.24 bits per heavy atom. The minimum absolute atomic E-state index is 0.0109. The van der Waals surface area contributed by atoms with Crippen LogP contribution in [0.3, 0.4) is 0 Å². The van der Waals surface area contributed by atoms with Gasteiger partial charge in [-0.2, -0.15) is 0 Å². The van der Waals surface area contributed by atoms with E-state index in [2.05, 4.69) is 10.6 Å². The van der Waals surface area contributed by atoms with E-state index < -0.39 is 0 Å². The van der Waals surface area contributed by atoms with E-state index in [1.807, 2.05) is 0 Å². The first-order valence-corrected chi connectivity index (χ1v) is 6.93. The molecular formula is C13H22N2O2. The summed E-state index contributed by atoms with van der Waals surface area (Å²) in [5.74, 6) is 2.58. The number of carbonyl (C=O) groups is 1. The van der Waals surface area contributed by atoms with E-state index >= 15 is 0 Å². The minimum Gasteiger partial charge on any atom is -0.379 e. The van der Waals surface area contributed by atoms with Crippen molar-refractivity contribution in [2.45, 2.75) is 38.1 Å². The molecular weight excluding hydrogens is 216 g/mol. The number of fused-ring (bicyclic) bond motifs is 2. The molecule has 0 aromatic rings. The molecule has 0 aromatic carbocycles. The van der Waals surface area contributed by atoms with Crippen LogP contribution in [0.2, 0.25) is 0 Å². The van der Waals surface area contributed by atoms with Crippen LogP contribution in [0.4, 0.5) is 4.79 Å². The second-order valence-corrected chi connectivity index (χ2v) is 5.85. The molecule has 96 valence electrons. The molecule has 0 radical (unpaired) electrons. The summed E-state index contributed by atoms with van der Waals surface area (Å²) in [5, 5.41) is 6.00. The van der Waals surface area contributed by atoms with Gasteiger partial charge in [-0.15, -0.1) is 0 Å². The Labute approximate surface area is 102 Å². The normalized spacial score (nSPS) is 39.5. The maximum Gasteiger partial charge on any atom is 0.315 e. The summed E-state index contributed by atoms with van der Waals surface area (Å²) < 4.78 is 5.23. The molecule has 4 unspecified atom stereocenters. The Morgan fingerprint density at radius 3 is 2.82 bits per heavy atom. The molecule has 2 N–H and O–H groups in total. The molecule has 4 atom stereocenters. The Hall–Kier alpha value is -0.770. The molecule has 0 aromatic heterocycles. The molecule has 4 nitrogen and oxygen atoms in total. The van der Waals surface area contributed by atoms with E-state index in [0.29, 0.717) is 6.61 Å². The molecule has 2 aliphatic carbocycles. The van der Waals surface area contributed by atoms with Crippen LogP contribution in [-0.4, -0.2) is 31.8 Å². The zero-order valence-corrected chi connectivity index (χ0v) is 10.3. The van der Waals surface area contributed by atoms with Crippen LogP contribution in [0, 0.1) is 17.8 Å². The average molecular weight is 238 g/mol.